The number of esters is 1. The molecule has 0 heterocycles. The summed E-state index contributed by atoms with van der Waals surface area (Å²) in [6.45, 7) is 2.62. The topological polar surface area (TPSA) is 35.5 Å². The summed E-state index contributed by atoms with van der Waals surface area (Å²) in [6.07, 6.45) is 0. The molecule has 0 N–H and O–H groups in total. The van der Waals surface area contributed by atoms with Crippen LogP contribution in [0.15, 0.2) is 30.3 Å². The Morgan fingerprint density at radius 2 is 2.12 bits per heavy atom. The zero-order valence-electron chi connectivity index (χ0n) is 9.60. The number of carbonyl (C=O) groups excluding carboxylic acids is 1. The van der Waals surface area contributed by atoms with Crippen LogP contribution in [0.5, 0.6) is 5.75 Å². The van der Waals surface area contributed by atoms with E-state index in [1.165, 1.54) is 11.8 Å². The van der Waals surface area contributed by atoms with Crippen molar-refractivity contribution in [2.45, 2.75) is 11.6 Å². The predicted octanol–water partition coefficient (Wildman–Crippen LogP) is 2.93. The lowest BCUT2D eigenvalue weighted by atomic mass is 10.3. The third-order valence-corrected chi connectivity index (χ3v) is 3.27. The molecule has 0 radical (unpaired) electrons. The fourth-order valence-electron chi connectivity index (χ4n) is 1.10. The Morgan fingerprint density at radius 3 is 2.76 bits per heavy atom. The van der Waals surface area contributed by atoms with Crippen LogP contribution in [0.4, 0.5) is 0 Å². The maximum absolute atomic E-state index is 11.2. The highest BCUT2D eigenvalue weighted by Crippen LogP contribution is 2.17. The van der Waals surface area contributed by atoms with E-state index < -0.39 is 4.71 Å². The Bertz CT molecular complexity index is 332. The smallest absolute Gasteiger partial charge is 0.334 e. The van der Waals surface area contributed by atoms with Crippen molar-refractivity contribution in [3.63, 3.8) is 0 Å². The van der Waals surface area contributed by atoms with Gasteiger partial charge in [0.2, 0.25) is 0 Å². The Morgan fingerprint density at radius 1 is 1.41 bits per heavy atom. The van der Waals surface area contributed by atoms with Crippen LogP contribution in [0, 0.1) is 0 Å². The summed E-state index contributed by atoms with van der Waals surface area (Å²) >= 11 is 7.13. The Hall–Kier alpha value is -0.870. The molecule has 1 atom stereocenters. The molecule has 0 aliphatic heterocycles. The van der Waals surface area contributed by atoms with Gasteiger partial charge in [-0.25, -0.2) is 4.79 Å². The summed E-state index contributed by atoms with van der Waals surface area (Å²) in [6, 6.07) is 9.51. The molecular weight excluding hydrogens is 260 g/mol. The van der Waals surface area contributed by atoms with E-state index in [0.717, 1.165) is 5.75 Å². The van der Waals surface area contributed by atoms with Crippen LogP contribution >= 0.6 is 23.4 Å². The number of benzene rings is 1. The quantitative estimate of drug-likeness (QED) is 0.435. The summed E-state index contributed by atoms with van der Waals surface area (Å²) in [5, 5.41) is 0. The van der Waals surface area contributed by atoms with Gasteiger partial charge in [-0.15, -0.1) is 11.8 Å². The van der Waals surface area contributed by atoms with Crippen LogP contribution in [0.25, 0.3) is 0 Å². The minimum atomic E-state index is -0.658. The van der Waals surface area contributed by atoms with Crippen molar-refractivity contribution in [2.75, 3.05) is 19.0 Å². The molecule has 1 rings (SSSR count). The van der Waals surface area contributed by atoms with E-state index in [2.05, 4.69) is 0 Å². The lowest BCUT2D eigenvalue weighted by Crippen LogP contribution is -2.16. The van der Waals surface area contributed by atoms with E-state index in [-0.39, 0.29) is 5.97 Å². The van der Waals surface area contributed by atoms with Gasteiger partial charge < -0.3 is 9.47 Å². The molecule has 1 unspecified atom stereocenters. The van der Waals surface area contributed by atoms with E-state index in [1.54, 1.807) is 6.92 Å². The molecule has 0 saturated heterocycles. The number of hydrogen-bond donors (Lipinski definition) is 0. The molecule has 0 saturated carbocycles. The molecule has 0 bridgehead atoms. The number of thioether (sulfide) groups is 1. The lowest BCUT2D eigenvalue weighted by Gasteiger charge is -2.09. The fourth-order valence-corrected chi connectivity index (χ4v) is 2.02. The first-order chi connectivity index (χ1) is 8.24. The van der Waals surface area contributed by atoms with Crippen molar-refractivity contribution < 1.29 is 14.3 Å². The lowest BCUT2D eigenvalue weighted by molar-refractivity contribution is -0.140. The minimum Gasteiger partial charge on any atom is -0.493 e. The largest absolute Gasteiger partial charge is 0.493 e. The van der Waals surface area contributed by atoms with Gasteiger partial charge in [-0.1, -0.05) is 29.8 Å². The highest BCUT2D eigenvalue weighted by molar-refractivity contribution is 8.01. The second-order valence-electron chi connectivity index (χ2n) is 3.10. The van der Waals surface area contributed by atoms with Gasteiger partial charge in [-0.3, -0.25) is 0 Å². The molecule has 17 heavy (non-hydrogen) atoms. The molecule has 0 fully saturated rings. The summed E-state index contributed by atoms with van der Waals surface area (Å²) in [4.78, 5) is 11.2. The molecule has 0 spiro atoms. The van der Waals surface area contributed by atoms with E-state index in [4.69, 9.17) is 21.1 Å². The fraction of sp³-hybridized carbons (Fsp3) is 0.417. The first kappa shape index (κ1) is 14.2. The molecule has 94 valence electrons. The summed E-state index contributed by atoms with van der Waals surface area (Å²) in [5.74, 6) is 1.07. The molecular formula is C12H15ClO3S. The predicted molar refractivity (Wildman–Crippen MR) is 70.7 cm³/mol. The molecule has 0 aromatic heterocycles. The third kappa shape index (κ3) is 5.84. The van der Waals surface area contributed by atoms with Crippen LogP contribution in [-0.2, 0) is 9.53 Å². The van der Waals surface area contributed by atoms with Crippen LogP contribution in [0.2, 0.25) is 0 Å². The number of ether oxygens (including phenoxy) is 2. The van der Waals surface area contributed by atoms with Gasteiger partial charge >= 0.3 is 5.97 Å². The average Bonchev–Trinajstić information content (AvgIpc) is 2.36. The second kappa shape index (κ2) is 8.25. The molecule has 0 aliphatic carbocycles. The van der Waals surface area contributed by atoms with Crippen molar-refractivity contribution >= 4 is 29.3 Å². The zero-order valence-corrected chi connectivity index (χ0v) is 11.2. The Kier molecular flexibility index (Phi) is 6.89. The van der Waals surface area contributed by atoms with Crippen LogP contribution in [0.1, 0.15) is 6.92 Å². The molecule has 0 amide bonds. The number of hydrogen-bond acceptors (Lipinski definition) is 4. The first-order valence-electron chi connectivity index (χ1n) is 5.34. The van der Waals surface area contributed by atoms with E-state index in [9.17, 15) is 4.79 Å². The van der Waals surface area contributed by atoms with Crippen molar-refractivity contribution in [1.82, 2.24) is 0 Å². The van der Waals surface area contributed by atoms with Gasteiger partial charge in [-0.2, -0.15) is 0 Å². The van der Waals surface area contributed by atoms with E-state index in [1.807, 2.05) is 30.3 Å². The summed E-state index contributed by atoms with van der Waals surface area (Å²) in [7, 11) is 0. The molecule has 1 aromatic carbocycles. The van der Waals surface area contributed by atoms with E-state index >= 15 is 0 Å². The number of para-hydroxylation sites is 1. The molecule has 3 nitrogen and oxygen atoms in total. The van der Waals surface area contributed by atoms with Gasteiger partial charge in [0, 0.05) is 5.75 Å². The van der Waals surface area contributed by atoms with E-state index in [0.29, 0.717) is 19.0 Å². The zero-order chi connectivity index (χ0) is 12.5. The Labute approximate surface area is 110 Å². The minimum absolute atomic E-state index is 0.350. The van der Waals surface area contributed by atoms with Crippen molar-refractivity contribution in [3.05, 3.63) is 30.3 Å². The highest BCUT2D eigenvalue weighted by atomic mass is 35.5. The SMILES string of the molecule is CCOC(=O)C(Cl)SCCOc1ccccc1. The number of alkyl halides is 1. The highest BCUT2D eigenvalue weighted by Gasteiger charge is 2.16. The average molecular weight is 275 g/mol. The molecule has 5 heteroatoms. The maximum atomic E-state index is 11.2. The van der Waals surface area contributed by atoms with Crippen LogP contribution in [0.3, 0.4) is 0 Å². The van der Waals surface area contributed by atoms with Crippen LogP contribution in [-0.4, -0.2) is 29.6 Å². The normalized spacial score (nSPS) is 11.9. The van der Waals surface area contributed by atoms with Gasteiger partial charge in [0.25, 0.3) is 0 Å². The Balaban J connectivity index is 2.14. The maximum Gasteiger partial charge on any atom is 0.334 e. The summed E-state index contributed by atoms with van der Waals surface area (Å²) in [5.41, 5.74) is 0. The first-order valence-corrected chi connectivity index (χ1v) is 6.82. The third-order valence-electron chi connectivity index (χ3n) is 1.83. The standard InChI is InChI=1S/C12H15ClO3S/c1-2-15-12(14)11(13)17-9-8-16-10-6-4-3-5-7-10/h3-7,11H,2,8-9H2,1H3. The number of carbonyl (C=O) groups is 1. The number of rotatable bonds is 7. The second-order valence-corrected chi connectivity index (χ2v) is 5.01. The van der Waals surface area contributed by atoms with Gasteiger partial charge in [0.15, 0.2) is 4.71 Å². The molecule has 0 aliphatic rings. The van der Waals surface area contributed by atoms with Gasteiger partial charge in [-0.05, 0) is 19.1 Å². The van der Waals surface area contributed by atoms with Crippen molar-refractivity contribution in [1.29, 1.82) is 0 Å². The van der Waals surface area contributed by atoms with Crippen molar-refractivity contribution in [2.24, 2.45) is 0 Å². The van der Waals surface area contributed by atoms with Crippen LogP contribution < -0.4 is 4.74 Å². The van der Waals surface area contributed by atoms with Gasteiger partial charge in [0.1, 0.15) is 5.75 Å². The van der Waals surface area contributed by atoms with Gasteiger partial charge in [0.05, 0.1) is 13.2 Å². The monoisotopic (exact) mass is 274 g/mol. The summed E-state index contributed by atoms with van der Waals surface area (Å²) < 4.78 is 9.59. The van der Waals surface area contributed by atoms with Crippen molar-refractivity contribution in [3.8, 4) is 5.75 Å². The molecule has 1 aromatic rings. The number of halogens is 1.